The Morgan fingerprint density at radius 2 is 2.08 bits per heavy atom. The molecule has 12 heavy (non-hydrogen) atoms. The molecule has 0 spiro atoms. The number of carbonyl (C=O) groups excluding carboxylic acids is 1. The van der Waals surface area contributed by atoms with Gasteiger partial charge < -0.3 is 4.74 Å². The SMILES string of the molecule is COC(=O)/C(Br)=C/C1CCCC1. The van der Waals surface area contributed by atoms with Gasteiger partial charge in [-0.05, 0) is 34.7 Å². The molecule has 0 heterocycles. The molecule has 0 N–H and O–H groups in total. The third kappa shape index (κ3) is 2.63. The van der Waals surface area contributed by atoms with Crippen LogP contribution < -0.4 is 0 Å². The summed E-state index contributed by atoms with van der Waals surface area (Å²) in [6.45, 7) is 0. The number of carbonyl (C=O) groups is 1. The van der Waals surface area contributed by atoms with Crippen LogP contribution in [0.3, 0.4) is 0 Å². The molecule has 1 fully saturated rings. The van der Waals surface area contributed by atoms with E-state index in [2.05, 4.69) is 20.7 Å². The lowest BCUT2D eigenvalue weighted by atomic mass is 10.1. The van der Waals surface area contributed by atoms with Crippen LogP contribution in [-0.2, 0) is 9.53 Å². The maximum atomic E-state index is 11.0. The molecular formula is C9H13BrO2. The molecule has 1 saturated carbocycles. The summed E-state index contributed by atoms with van der Waals surface area (Å²) < 4.78 is 5.13. The highest BCUT2D eigenvalue weighted by Gasteiger charge is 2.15. The van der Waals surface area contributed by atoms with Crippen LogP contribution in [-0.4, -0.2) is 13.1 Å². The highest BCUT2D eigenvalue weighted by molar-refractivity contribution is 9.12. The van der Waals surface area contributed by atoms with Gasteiger partial charge in [-0.1, -0.05) is 18.9 Å². The average Bonchev–Trinajstić information content (AvgIpc) is 2.55. The normalized spacial score (nSPS) is 19.7. The molecule has 0 saturated heterocycles. The fraction of sp³-hybridized carbons (Fsp3) is 0.667. The van der Waals surface area contributed by atoms with E-state index in [1.165, 1.54) is 32.8 Å². The van der Waals surface area contributed by atoms with Crippen LogP contribution in [0.4, 0.5) is 0 Å². The summed E-state index contributed by atoms with van der Waals surface area (Å²) >= 11 is 3.20. The Morgan fingerprint density at radius 3 is 2.58 bits per heavy atom. The third-order valence-corrected chi connectivity index (χ3v) is 2.75. The lowest BCUT2D eigenvalue weighted by molar-refractivity contribution is -0.135. The highest BCUT2D eigenvalue weighted by Crippen LogP contribution is 2.27. The summed E-state index contributed by atoms with van der Waals surface area (Å²) in [6, 6.07) is 0. The van der Waals surface area contributed by atoms with Crippen molar-refractivity contribution in [2.45, 2.75) is 25.7 Å². The van der Waals surface area contributed by atoms with Crippen molar-refractivity contribution in [3.05, 3.63) is 10.6 Å². The van der Waals surface area contributed by atoms with Crippen molar-refractivity contribution >= 4 is 21.9 Å². The van der Waals surface area contributed by atoms with Crippen LogP contribution in [0.2, 0.25) is 0 Å². The van der Waals surface area contributed by atoms with Gasteiger partial charge in [0.05, 0.1) is 11.6 Å². The van der Waals surface area contributed by atoms with E-state index >= 15 is 0 Å². The van der Waals surface area contributed by atoms with Crippen LogP contribution in [0.1, 0.15) is 25.7 Å². The first-order valence-corrected chi connectivity index (χ1v) is 4.99. The number of rotatable bonds is 2. The fourth-order valence-electron chi connectivity index (χ4n) is 1.50. The molecule has 2 nitrogen and oxygen atoms in total. The number of halogens is 1. The molecule has 0 aromatic carbocycles. The minimum absolute atomic E-state index is 0.276. The number of methoxy groups -OCH3 is 1. The molecule has 3 heteroatoms. The maximum absolute atomic E-state index is 11.0. The van der Waals surface area contributed by atoms with E-state index < -0.39 is 0 Å². The molecule has 0 aromatic rings. The quantitative estimate of drug-likeness (QED) is 0.541. The predicted molar refractivity (Wildman–Crippen MR) is 51.0 cm³/mol. The zero-order chi connectivity index (χ0) is 8.97. The lowest BCUT2D eigenvalue weighted by Gasteiger charge is -2.02. The molecule has 0 atom stereocenters. The van der Waals surface area contributed by atoms with Crippen molar-refractivity contribution in [1.29, 1.82) is 0 Å². The van der Waals surface area contributed by atoms with Crippen LogP contribution >= 0.6 is 15.9 Å². The summed E-state index contributed by atoms with van der Waals surface area (Å²) in [5.74, 6) is 0.292. The monoisotopic (exact) mass is 232 g/mol. The summed E-state index contributed by atoms with van der Waals surface area (Å²) in [5.41, 5.74) is 0. The number of allylic oxidation sites excluding steroid dienone is 1. The number of hydrogen-bond acceptors (Lipinski definition) is 2. The van der Waals surface area contributed by atoms with Gasteiger partial charge in [-0.2, -0.15) is 0 Å². The smallest absolute Gasteiger partial charge is 0.344 e. The van der Waals surface area contributed by atoms with Gasteiger partial charge in [0.25, 0.3) is 0 Å². The van der Waals surface area contributed by atoms with Gasteiger partial charge in [-0.15, -0.1) is 0 Å². The van der Waals surface area contributed by atoms with Gasteiger partial charge in [0.1, 0.15) is 0 Å². The molecule has 0 unspecified atom stereocenters. The lowest BCUT2D eigenvalue weighted by Crippen LogP contribution is -2.01. The second kappa shape index (κ2) is 4.65. The molecule has 0 radical (unpaired) electrons. The highest BCUT2D eigenvalue weighted by atomic mass is 79.9. The van der Waals surface area contributed by atoms with Crippen LogP contribution in [0.5, 0.6) is 0 Å². The van der Waals surface area contributed by atoms with Crippen molar-refractivity contribution < 1.29 is 9.53 Å². The molecule has 68 valence electrons. The van der Waals surface area contributed by atoms with Crippen molar-refractivity contribution in [3.63, 3.8) is 0 Å². The second-order valence-electron chi connectivity index (χ2n) is 3.05. The summed E-state index contributed by atoms with van der Waals surface area (Å²) in [7, 11) is 1.39. The van der Waals surface area contributed by atoms with Gasteiger partial charge in [-0.3, -0.25) is 0 Å². The second-order valence-corrected chi connectivity index (χ2v) is 3.91. The van der Waals surface area contributed by atoms with Gasteiger partial charge in [0.2, 0.25) is 0 Å². The number of esters is 1. The fourth-order valence-corrected chi connectivity index (χ4v) is 2.03. The first-order valence-electron chi connectivity index (χ1n) is 4.19. The van der Waals surface area contributed by atoms with E-state index in [1.54, 1.807) is 0 Å². The van der Waals surface area contributed by atoms with Gasteiger partial charge >= 0.3 is 5.97 Å². The van der Waals surface area contributed by atoms with E-state index in [1.807, 2.05) is 6.08 Å². The predicted octanol–water partition coefficient (Wildman–Crippen LogP) is 2.63. The largest absolute Gasteiger partial charge is 0.465 e. The van der Waals surface area contributed by atoms with E-state index in [9.17, 15) is 4.79 Å². The zero-order valence-corrected chi connectivity index (χ0v) is 8.76. The van der Waals surface area contributed by atoms with E-state index in [0.29, 0.717) is 10.4 Å². The number of hydrogen-bond donors (Lipinski definition) is 0. The molecule has 0 bridgehead atoms. The molecule has 1 aliphatic rings. The van der Waals surface area contributed by atoms with Gasteiger partial charge in [0, 0.05) is 0 Å². The molecule has 0 amide bonds. The topological polar surface area (TPSA) is 26.3 Å². The standard InChI is InChI=1S/C9H13BrO2/c1-12-9(11)8(10)6-7-4-2-3-5-7/h6-7H,2-5H2,1H3/b8-6-. The summed E-state index contributed by atoms with van der Waals surface area (Å²) in [6.07, 6.45) is 6.93. The molecular weight excluding hydrogens is 220 g/mol. The Balaban J connectivity index is 2.48. The maximum Gasteiger partial charge on any atom is 0.344 e. The van der Waals surface area contributed by atoms with Crippen molar-refractivity contribution in [3.8, 4) is 0 Å². The van der Waals surface area contributed by atoms with Crippen molar-refractivity contribution in [1.82, 2.24) is 0 Å². The Hall–Kier alpha value is -0.310. The Labute approximate surface area is 81.1 Å². The summed E-state index contributed by atoms with van der Waals surface area (Å²) in [4.78, 5) is 11.0. The molecule has 1 rings (SSSR count). The first-order chi connectivity index (χ1) is 5.74. The Morgan fingerprint density at radius 1 is 1.50 bits per heavy atom. The zero-order valence-electron chi connectivity index (χ0n) is 7.18. The molecule has 0 aliphatic heterocycles. The molecule has 1 aliphatic carbocycles. The van der Waals surface area contributed by atoms with Gasteiger partial charge in [-0.25, -0.2) is 4.79 Å². The van der Waals surface area contributed by atoms with Gasteiger partial charge in [0.15, 0.2) is 0 Å². The first kappa shape index (κ1) is 9.78. The van der Waals surface area contributed by atoms with Crippen LogP contribution in [0.15, 0.2) is 10.6 Å². The minimum atomic E-state index is -0.276. The van der Waals surface area contributed by atoms with E-state index in [-0.39, 0.29) is 5.97 Å². The summed E-state index contributed by atoms with van der Waals surface area (Å²) in [5, 5.41) is 0. The molecule has 0 aromatic heterocycles. The average molecular weight is 233 g/mol. The van der Waals surface area contributed by atoms with Crippen LogP contribution in [0, 0.1) is 5.92 Å². The Bertz CT molecular complexity index is 193. The van der Waals surface area contributed by atoms with E-state index in [4.69, 9.17) is 0 Å². The Kier molecular flexibility index (Phi) is 3.79. The minimum Gasteiger partial charge on any atom is -0.465 e. The van der Waals surface area contributed by atoms with Crippen molar-refractivity contribution in [2.24, 2.45) is 5.92 Å². The number of ether oxygens (including phenoxy) is 1. The van der Waals surface area contributed by atoms with Crippen molar-refractivity contribution in [2.75, 3.05) is 7.11 Å². The van der Waals surface area contributed by atoms with Crippen LogP contribution in [0.25, 0.3) is 0 Å². The van der Waals surface area contributed by atoms with E-state index in [0.717, 1.165) is 0 Å². The third-order valence-electron chi connectivity index (χ3n) is 2.16.